The van der Waals surface area contributed by atoms with E-state index >= 15 is 0 Å². The zero-order chi connectivity index (χ0) is 12.8. The van der Waals surface area contributed by atoms with Gasteiger partial charge in [-0.25, -0.2) is 0 Å². The first-order valence-electron chi connectivity index (χ1n) is 6.57. The summed E-state index contributed by atoms with van der Waals surface area (Å²) >= 11 is 0. The molecule has 0 amide bonds. The van der Waals surface area contributed by atoms with Gasteiger partial charge in [-0.1, -0.05) is 30.3 Å². The molecule has 1 heterocycles. The largest absolute Gasteiger partial charge is 0.460 e. The van der Waals surface area contributed by atoms with Gasteiger partial charge in [-0.2, -0.15) is 0 Å². The Labute approximate surface area is 103 Å². The Hall–Kier alpha value is -1.35. The van der Waals surface area contributed by atoms with Gasteiger partial charge in [0.25, 0.3) is 0 Å². The van der Waals surface area contributed by atoms with Crippen LogP contribution in [-0.2, 0) is 16.1 Å². The molecule has 0 spiro atoms. The molecule has 0 bridgehead atoms. The highest BCUT2D eigenvalue weighted by atomic mass is 16.5. The zero-order valence-electron chi connectivity index (χ0n) is 10.9. The fraction of sp³-hybridized carbons (Fsp3) is 0.500. The van der Waals surface area contributed by atoms with Crippen molar-refractivity contribution in [3.8, 4) is 0 Å². The maximum atomic E-state index is 12.0. The number of benzene rings is 1. The standard InChI is InChI=1S/C14H17NO2/c1-15-12(11-7-8-11)13(15)14(16)17-9-10-5-3-2-4-6-10/h2-6,11-13H,7-9H2,1H3/t12-,13-,15?/m1/s1/i12D. The summed E-state index contributed by atoms with van der Waals surface area (Å²) < 4.78 is 13.6. The highest BCUT2D eigenvalue weighted by Gasteiger charge is 2.57. The van der Waals surface area contributed by atoms with Crippen molar-refractivity contribution in [2.75, 3.05) is 7.05 Å². The van der Waals surface area contributed by atoms with E-state index in [0.29, 0.717) is 12.5 Å². The normalized spacial score (nSPS) is 36.2. The summed E-state index contributed by atoms with van der Waals surface area (Å²) in [6.45, 7) is 0.296. The summed E-state index contributed by atoms with van der Waals surface area (Å²) in [5.41, 5.74) is 0.983. The number of nitrogens with zero attached hydrogens (tertiary/aromatic N) is 1. The van der Waals surface area contributed by atoms with Gasteiger partial charge in [0.05, 0.1) is 0 Å². The Morgan fingerprint density at radius 3 is 2.82 bits per heavy atom. The zero-order valence-corrected chi connectivity index (χ0v) is 9.93. The Morgan fingerprint density at radius 1 is 1.47 bits per heavy atom. The molecule has 90 valence electrons. The van der Waals surface area contributed by atoms with Crippen LogP contribution in [0.2, 0.25) is 0 Å². The van der Waals surface area contributed by atoms with Crippen LogP contribution in [0.25, 0.3) is 0 Å². The van der Waals surface area contributed by atoms with Gasteiger partial charge in [0.1, 0.15) is 12.6 Å². The third-order valence-electron chi connectivity index (χ3n) is 3.45. The molecule has 3 atom stereocenters. The average Bonchev–Trinajstić information content (AvgIpc) is 3.27. The van der Waals surface area contributed by atoms with Crippen LogP contribution in [-0.4, -0.2) is 30.0 Å². The lowest BCUT2D eigenvalue weighted by Crippen LogP contribution is -2.15. The number of hydrogen-bond acceptors (Lipinski definition) is 3. The molecule has 1 aliphatic heterocycles. The molecule has 3 heteroatoms. The van der Waals surface area contributed by atoms with Gasteiger partial charge in [-0.15, -0.1) is 0 Å². The summed E-state index contributed by atoms with van der Waals surface area (Å²) in [5, 5.41) is 0. The van der Waals surface area contributed by atoms with Crippen molar-refractivity contribution in [2.45, 2.75) is 31.5 Å². The molecule has 1 aromatic rings. The summed E-state index contributed by atoms with van der Waals surface area (Å²) in [4.78, 5) is 13.8. The van der Waals surface area contributed by atoms with Gasteiger partial charge in [0.15, 0.2) is 0 Å². The maximum Gasteiger partial charge on any atom is 0.325 e. The number of esters is 1. The first-order chi connectivity index (χ1) is 8.64. The predicted octanol–water partition coefficient (Wildman–Crippen LogP) is 1.82. The van der Waals surface area contributed by atoms with E-state index in [1.807, 2.05) is 42.3 Å². The van der Waals surface area contributed by atoms with Crippen molar-refractivity contribution in [3.05, 3.63) is 35.9 Å². The number of carbonyl (C=O) groups excluding carboxylic acids is 1. The quantitative estimate of drug-likeness (QED) is 0.586. The minimum absolute atomic E-state index is 0.261. The van der Waals surface area contributed by atoms with Crippen molar-refractivity contribution in [2.24, 2.45) is 5.92 Å². The molecular weight excluding hydrogens is 214 g/mol. The molecular formula is C14H17NO2. The second kappa shape index (κ2) is 4.15. The van der Waals surface area contributed by atoms with E-state index in [1.165, 1.54) is 0 Å². The number of rotatable bonds is 4. The molecule has 0 N–H and O–H groups in total. The van der Waals surface area contributed by atoms with Crippen LogP contribution >= 0.6 is 0 Å². The molecule has 1 saturated carbocycles. The summed E-state index contributed by atoms with van der Waals surface area (Å²) in [6.07, 6.45) is 2.13. The lowest BCUT2D eigenvalue weighted by Gasteiger charge is -2.03. The van der Waals surface area contributed by atoms with Gasteiger partial charge in [-0.3, -0.25) is 9.69 Å². The fourth-order valence-electron chi connectivity index (χ4n) is 2.29. The average molecular weight is 232 g/mol. The molecule has 3 nitrogen and oxygen atoms in total. The lowest BCUT2D eigenvalue weighted by molar-refractivity contribution is -0.145. The first kappa shape index (κ1) is 9.66. The van der Waals surface area contributed by atoms with Crippen molar-refractivity contribution >= 4 is 5.97 Å². The molecule has 0 aromatic heterocycles. The van der Waals surface area contributed by atoms with Crippen molar-refractivity contribution in [3.63, 3.8) is 0 Å². The molecule has 2 fully saturated rings. The van der Waals surface area contributed by atoms with Crippen LogP contribution in [0.1, 0.15) is 19.8 Å². The number of carbonyl (C=O) groups is 1. The van der Waals surface area contributed by atoms with Crippen molar-refractivity contribution < 1.29 is 10.9 Å². The van der Waals surface area contributed by atoms with Crippen LogP contribution in [0.4, 0.5) is 0 Å². The predicted molar refractivity (Wildman–Crippen MR) is 64.3 cm³/mol. The Balaban J connectivity index is 1.57. The van der Waals surface area contributed by atoms with Gasteiger partial charge in [-0.05, 0) is 31.4 Å². The second-order valence-electron chi connectivity index (χ2n) is 4.81. The van der Waals surface area contributed by atoms with Gasteiger partial charge in [0.2, 0.25) is 0 Å². The Bertz CT molecular complexity index is 460. The SMILES string of the molecule is [2H][C@@]1(C2CC2)[C@H](C(=O)OCc2ccccc2)N1C. The molecule has 1 aliphatic carbocycles. The molecule has 17 heavy (non-hydrogen) atoms. The van der Waals surface area contributed by atoms with E-state index in [4.69, 9.17) is 6.11 Å². The number of hydrogen-bond donors (Lipinski definition) is 0. The topological polar surface area (TPSA) is 29.3 Å². The van der Waals surface area contributed by atoms with E-state index in [1.54, 1.807) is 0 Å². The van der Waals surface area contributed by atoms with E-state index in [0.717, 1.165) is 18.4 Å². The highest BCUT2D eigenvalue weighted by molar-refractivity contribution is 5.80. The van der Waals surface area contributed by atoms with Crippen molar-refractivity contribution in [1.29, 1.82) is 0 Å². The maximum absolute atomic E-state index is 12.0. The smallest absolute Gasteiger partial charge is 0.325 e. The fourth-order valence-corrected chi connectivity index (χ4v) is 2.29. The van der Waals surface area contributed by atoms with E-state index in [-0.39, 0.29) is 12.0 Å². The molecule has 2 aliphatic rings. The van der Waals surface area contributed by atoms with Crippen LogP contribution in [0.3, 0.4) is 0 Å². The number of ether oxygens (including phenoxy) is 1. The highest BCUT2D eigenvalue weighted by Crippen LogP contribution is 2.46. The Morgan fingerprint density at radius 2 is 2.18 bits per heavy atom. The van der Waals surface area contributed by atoms with E-state index < -0.39 is 6.02 Å². The van der Waals surface area contributed by atoms with Gasteiger partial charge < -0.3 is 4.74 Å². The summed E-state index contributed by atoms with van der Waals surface area (Å²) in [6, 6.07) is 8.58. The summed E-state index contributed by atoms with van der Waals surface area (Å²) in [7, 11) is 1.83. The third-order valence-corrected chi connectivity index (χ3v) is 3.45. The second-order valence-corrected chi connectivity index (χ2v) is 4.81. The minimum Gasteiger partial charge on any atom is -0.460 e. The van der Waals surface area contributed by atoms with Crippen molar-refractivity contribution in [1.82, 2.24) is 4.90 Å². The first-order valence-corrected chi connectivity index (χ1v) is 6.07. The lowest BCUT2D eigenvalue weighted by atomic mass is 10.2. The Kier molecular flexibility index (Phi) is 2.36. The molecule has 0 radical (unpaired) electrons. The monoisotopic (exact) mass is 232 g/mol. The van der Waals surface area contributed by atoms with Crippen LogP contribution in [0.15, 0.2) is 30.3 Å². The van der Waals surface area contributed by atoms with Gasteiger partial charge >= 0.3 is 5.97 Å². The van der Waals surface area contributed by atoms with Crippen LogP contribution in [0, 0.1) is 5.92 Å². The molecule has 3 rings (SSSR count). The number of likely N-dealkylation sites (N-methyl/N-ethyl adjacent to an activating group) is 1. The van der Waals surface area contributed by atoms with E-state index in [9.17, 15) is 4.79 Å². The molecule has 1 saturated heterocycles. The third kappa shape index (κ3) is 2.20. The summed E-state index contributed by atoms with van der Waals surface area (Å²) in [5.74, 6) is 0.0972. The molecule has 1 unspecified atom stereocenters. The molecule has 1 aromatic carbocycles. The van der Waals surface area contributed by atoms with Crippen LogP contribution in [0.5, 0.6) is 0 Å². The minimum atomic E-state index is -0.687. The van der Waals surface area contributed by atoms with E-state index in [2.05, 4.69) is 0 Å². The van der Waals surface area contributed by atoms with Crippen LogP contribution < -0.4 is 0 Å². The van der Waals surface area contributed by atoms with Gasteiger partial charge in [0, 0.05) is 7.39 Å².